The number of hydrogen-bond donors (Lipinski definition) is 2. The number of carbonyl (C=O) groups is 1. The Morgan fingerprint density at radius 3 is 2.59 bits per heavy atom. The summed E-state index contributed by atoms with van der Waals surface area (Å²) in [5.74, 6) is 0.769. The van der Waals surface area contributed by atoms with Crippen molar-refractivity contribution in [3.05, 3.63) is 39.2 Å². The number of halogens is 4. The first-order valence-corrected chi connectivity index (χ1v) is 8.26. The molecule has 150 valence electrons. The third-order valence-electron chi connectivity index (χ3n) is 3.28. The minimum atomic E-state index is -4.46. The molecule has 0 saturated carbocycles. The van der Waals surface area contributed by atoms with Gasteiger partial charge in [0.25, 0.3) is 0 Å². The molecule has 0 bridgehead atoms. The van der Waals surface area contributed by atoms with Crippen LogP contribution in [0.3, 0.4) is 0 Å². The van der Waals surface area contributed by atoms with Gasteiger partial charge in [0.05, 0.1) is 20.2 Å². The van der Waals surface area contributed by atoms with E-state index in [9.17, 15) is 18.0 Å². The van der Waals surface area contributed by atoms with Crippen LogP contribution in [-0.2, 0) is 24.0 Å². The highest BCUT2D eigenvalue weighted by Crippen LogP contribution is 2.29. The van der Waals surface area contributed by atoms with Gasteiger partial charge in [0, 0.05) is 12.4 Å². The van der Waals surface area contributed by atoms with Crippen LogP contribution in [0.2, 0.25) is 0 Å². The summed E-state index contributed by atoms with van der Waals surface area (Å²) in [5, 5.41) is 7.05. The lowest BCUT2D eigenvalue weighted by molar-refractivity contribution is -0.140. The summed E-state index contributed by atoms with van der Waals surface area (Å²) >= 11 is 0.908. The lowest BCUT2D eigenvalue weighted by Gasteiger charge is -2.09. The van der Waals surface area contributed by atoms with E-state index in [2.05, 4.69) is 25.3 Å². The van der Waals surface area contributed by atoms with E-state index in [4.69, 9.17) is 4.42 Å². The average Bonchev–Trinajstić information content (AvgIpc) is 3.21. The lowest BCUT2D eigenvalue weighted by atomic mass is 10.2. The van der Waals surface area contributed by atoms with Crippen molar-refractivity contribution >= 4 is 47.2 Å². The van der Waals surface area contributed by atoms with Crippen molar-refractivity contribution in [1.82, 2.24) is 15.6 Å². The molecule has 27 heavy (non-hydrogen) atoms. The molecule has 0 aliphatic carbocycles. The number of aryl methyl sites for hydroxylation is 1. The number of ether oxygens (including phenoxy) is 1. The van der Waals surface area contributed by atoms with Crippen LogP contribution in [0, 0.1) is 6.92 Å². The maximum Gasteiger partial charge on any atom is 0.434 e. The first-order valence-electron chi connectivity index (χ1n) is 7.38. The highest BCUT2D eigenvalue weighted by atomic mass is 127. The van der Waals surface area contributed by atoms with E-state index in [1.807, 2.05) is 0 Å². The molecule has 2 rings (SSSR count). The summed E-state index contributed by atoms with van der Waals surface area (Å²) in [6, 6.07) is 1.55. The molecule has 0 spiro atoms. The first-order chi connectivity index (χ1) is 12.2. The normalized spacial score (nSPS) is 11.7. The molecule has 0 aliphatic heterocycles. The molecule has 0 saturated heterocycles. The van der Waals surface area contributed by atoms with Gasteiger partial charge >= 0.3 is 12.1 Å². The van der Waals surface area contributed by atoms with Crippen molar-refractivity contribution in [2.24, 2.45) is 4.99 Å². The zero-order valence-corrected chi connectivity index (χ0v) is 17.8. The number of esters is 1. The van der Waals surface area contributed by atoms with Gasteiger partial charge < -0.3 is 19.8 Å². The molecular formula is C15H18F3IN4O3S. The lowest BCUT2D eigenvalue weighted by Crippen LogP contribution is -2.36. The molecule has 12 heteroatoms. The van der Waals surface area contributed by atoms with Crippen molar-refractivity contribution in [2.45, 2.75) is 26.2 Å². The molecule has 0 aliphatic rings. The molecule has 2 heterocycles. The second-order valence-electron chi connectivity index (χ2n) is 5.08. The number of hydrogen-bond acceptors (Lipinski definition) is 6. The summed E-state index contributed by atoms with van der Waals surface area (Å²) in [6.45, 7) is 1.96. The van der Waals surface area contributed by atoms with Crippen LogP contribution in [0.5, 0.6) is 0 Å². The summed E-state index contributed by atoms with van der Waals surface area (Å²) in [6.07, 6.45) is -4.46. The van der Waals surface area contributed by atoms with Crippen molar-refractivity contribution in [1.29, 1.82) is 0 Å². The third kappa shape index (κ3) is 6.37. The smallest absolute Gasteiger partial charge is 0.434 e. The fourth-order valence-electron chi connectivity index (χ4n) is 2.02. The SMILES string of the molecule is CN=C(NCc1cc(C(=O)OC)c(C)o1)NCc1nc(C(F)(F)F)cs1.I. The Kier molecular flexibility index (Phi) is 8.53. The summed E-state index contributed by atoms with van der Waals surface area (Å²) < 4.78 is 47.7. The fraction of sp³-hybridized carbons (Fsp3) is 0.400. The molecular weight excluding hydrogens is 500 g/mol. The zero-order chi connectivity index (χ0) is 19.3. The van der Waals surface area contributed by atoms with Gasteiger partial charge in [-0.2, -0.15) is 13.2 Å². The van der Waals surface area contributed by atoms with Gasteiger partial charge in [-0.15, -0.1) is 35.3 Å². The maximum atomic E-state index is 12.5. The monoisotopic (exact) mass is 518 g/mol. The fourth-order valence-corrected chi connectivity index (χ4v) is 2.76. The molecule has 2 N–H and O–H groups in total. The molecule has 2 aromatic rings. The number of thiazole rings is 1. The largest absolute Gasteiger partial charge is 0.465 e. The van der Waals surface area contributed by atoms with Crippen LogP contribution in [0.15, 0.2) is 20.9 Å². The predicted molar refractivity (Wildman–Crippen MR) is 104 cm³/mol. The van der Waals surface area contributed by atoms with Gasteiger partial charge in [-0.25, -0.2) is 9.78 Å². The van der Waals surface area contributed by atoms with E-state index in [0.29, 0.717) is 23.0 Å². The van der Waals surface area contributed by atoms with Gasteiger partial charge in [0.2, 0.25) is 0 Å². The van der Waals surface area contributed by atoms with E-state index in [0.717, 1.165) is 16.7 Å². The summed E-state index contributed by atoms with van der Waals surface area (Å²) in [7, 11) is 2.80. The maximum absolute atomic E-state index is 12.5. The summed E-state index contributed by atoms with van der Waals surface area (Å²) in [5.41, 5.74) is -0.585. The molecule has 0 atom stereocenters. The van der Waals surface area contributed by atoms with Crippen molar-refractivity contribution in [2.75, 3.05) is 14.2 Å². The number of aromatic nitrogens is 1. The molecule has 0 aromatic carbocycles. The second kappa shape index (κ2) is 9.92. The Balaban J connectivity index is 0.00000364. The van der Waals surface area contributed by atoms with E-state index in [1.54, 1.807) is 13.0 Å². The van der Waals surface area contributed by atoms with Crippen LogP contribution < -0.4 is 10.6 Å². The Hall–Kier alpha value is -1.83. The number of nitrogens with zero attached hydrogens (tertiary/aromatic N) is 2. The van der Waals surface area contributed by atoms with Gasteiger partial charge in [-0.3, -0.25) is 4.99 Å². The Morgan fingerprint density at radius 1 is 1.37 bits per heavy atom. The number of rotatable bonds is 5. The number of carbonyl (C=O) groups excluding carboxylic acids is 1. The second-order valence-corrected chi connectivity index (χ2v) is 6.02. The molecule has 0 unspecified atom stereocenters. The highest BCUT2D eigenvalue weighted by molar-refractivity contribution is 14.0. The number of furan rings is 1. The number of aliphatic imine (C=N–C) groups is 1. The minimum Gasteiger partial charge on any atom is -0.465 e. The quantitative estimate of drug-likeness (QED) is 0.273. The van der Waals surface area contributed by atoms with Gasteiger partial charge in [0.15, 0.2) is 11.7 Å². The number of methoxy groups -OCH3 is 1. The predicted octanol–water partition coefficient (Wildman–Crippen LogP) is 3.33. The van der Waals surface area contributed by atoms with Crippen molar-refractivity contribution in [3.8, 4) is 0 Å². The van der Waals surface area contributed by atoms with Crippen LogP contribution in [0.1, 0.15) is 32.6 Å². The van der Waals surface area contributed by atoms with Crippen molar-refractivity contribution < 1.29 is 27.1 Å². The van der Waals surface area contributed by atoms with E-state index in [1.165, 1.54) is 14.2 Å². The van der Waals surface area contributed by atoms with Crippen LogP contribution >= 0.6 is 35.3 Å². The number of nitrogens with one attached hydrogen (secondary N) is 2. The van der Waals surface area contributed by atoms with Crippen molar-refractivity contribution in [3.63, 3.8) is 0 Å². The Morgan fingerprint density at radius 2 is 2.04 bits per heavy atom. The Labute approximate surface area is 174 Å². The van der Waals surface area contributed by atoms with E-state index >= 15 is 0 Å². The zero-order valence-electron chi connectivity index (χ0n) is 14.6. The topological polar surface area (TPSA) is 88.8 Å². The standard InChI is InChI=1S/C15H17F3N4O3S.HI/c1-8-10(13(23)24-3)4-9(25-8)5-20-14(19-2)21-6-12-22-11(7-26-12)15(16,17)18;/h4,7H,5-6H2,1-3H3,(H2,19,20,21);1H. The van der Waals surface area contributed by atoms with E-state index < -0.39 is 17.8 Å². The van der Waals surface area contributed by atoms with Gasteiger partial charge in [0.1, 0.15) is 22.1 Å². The highest BCUT2D eigenvalue weighted by Gasteiger charge is 2.33. The average molecular weight is 518 g/mol. The van der Waals surface area contributed by atoms with Gasteiger partial charge in [-0.1, -0.05) is 0 Å². The van der Waals surface area contributed by atoms with Gasteiger partial charge in [-0.05, 0) is 13.0 Å². The number of alkyl halides is 3. The Bertz CT molecular complexity index is 805. The summed E-state index contributed by atoms with van der Waals surface area (Å²) in [4.78, 5) is 19.0. The molecule has 7 nitrogen and oxygen atoms in total. The van der Waals surface area contributed by atoms with E-state index in [-0.39, 0.29) is 42.1 Å². The third-order valence-corrected chi connectivity index (χ3v) is 4.13. The molecule has 0 radical (unpaired) electrons. The van der Waals surface area contributed by atoms with Crippen LogP contribution in [0.4, 0.5) is 13.2 Å². The van der Waals surface area contributed by atoms with Crippen LogP contribution in [-0.4, -0.2) is 31.1 Å². The van der Waals surface area contributed by atoms with Crippen LogP contribution in [0.25, 0.3) is 0 Å². The molecule has 0 fully saturated rings. The first kappa shape index (κ1) is 23.2. The number of guanidine groups is 1. The molecule has 0 amide bonds. The minimum absolute atomic E-state index is 0. The molecule has 2 aromatic heterocycles.